The Kier molecular flexibility index (Phi) is 3.41. The molecule has 0 spiro atoms. The molecule has 1 N–H and O–H groups in total. The highest BCUT2D eigenvalue weighted by atomic mass is 16.4. The highest BCUT2D eigenvalue weighted by molar-refractivity contribution is 5.96. The number of rotatable bonds is 4. The van der Waals surface area contributed by atoms with Gasteiger partial charge in [-0.05, 0) is 43.5 Å². The molecular formula is C15H19NO2. The second kappa shape index (κ2) is 4.84. The zero-order valence-corrected chi connectivity index (χ0v) is 11.2. The van der Waals surface area contributed by atoms with Gasteiger partial charge in [0, 0.05) is 18.1 Å². The van der Waals surface area contributed by atoms with Gasteiger partial charge in [-0.25, -0.2) is 4.79 Å². The fourth-order valence-electron chi connectivity index (χ4n) is 2.57. The maximum Gasteiger partial charge on any atom is 0.335 e. The number of carboxylic acids is 1. The SMILES string of the molecule is CCCc1cn(CC)c2c(C)cc(C(=O)O)cc12. The van der Waals surface area contributed by atoms with Crippen LogP contribution in [0.1, 0.15) is 41.8 Å². The summed E-state index contributed by atoms with van der Waals surface area (Å²) in [6.07, 6.45) is 4.22. The molecule has 18 heavy (non-hydrogen) atoms. The van der Waals surface area contributed by atoms with E-state index in [1.54, 1.807) is 6.07 Å². The van der Waals surface area contributed by atoms with Crippen LogP contribution in [0.25, 0.3) is 10.9 Å². The molecule has 0 fully saturated rings. The van der Waals surface area contributed by atoms with Crippen LogP contribution >= 0.6 is 0 Å². The molecule has 0 aliphatic heterocycles. The average Bonchev–Trinajstić information content (AvgIpc) is 2.68. The Morgan fingerprint density at radius 3 is 2.61 bits per heavy atom. The summed E-state index contributed by atoms with van der Waals surface area (Å²) in [6, 6.07) is 3.56. The quantitative estimate of drug-likeness (QED) is 0.893. The molecule has 2 aromatic rings. The zero-order valence-electron chi connectivity index (χ0n) is 11.2. The van der Waals surface area contributed by atoms with Crippen molar-refractivity contribution in [1.82, 2.24) is 4.57 Å². The van der Waals surface area contributed by atoms with E-state index < -0.39 is 5.97 Å². The lowest BCUT2D eigenvalue weighted by Crippen LogP contribution is -1.99. The van der Waals surface area contributed by atoms with E-state index in [-0.39, 0.29) is 0 Å². The van der Waals surface area contributed by atoms with E-state index >= 15 is 0 Å². The van der Waals surface area contributed by atoms with Crippen molar-refractivity contribution in [2.75, 3.05) is 0 Å². The van der Waals surface area contributed by atoms with Crippen LogP contribution in [-0.4, -0.2) is 15.6 Å². The Hall–Kier alpha value is -1.77. The van der Waals surface area contributed by atoms with Crippen molar-refractivity contribution in [1.29, 1.82) is 0 Å². The molecule has 0 atom stereocenters. The number of fused-ring (bicyclic) bond motifs is 1. The number of benzene rings is 1. The van der Waals surface area contributed by atoms with Crippen molar-refractivity contribution >= 4 is 16.9 Å². The Morgan fingerprint density at radius 2 is 2.06 bits per heavy atom. The number of aryl methyl sites for hydroxylation is 3. The first-order chi connectivity index (χ1) is 8.58. The highest BCUT2D eigenvalue weighted by Gasteiger charge is 2.13. The van der Waals surface area contributed by atoms with Crippen LogP contribution in [0.3, 0.4) is 0 Å². The summed E-state index contributed by atoms with van der Waals surface area (Å²) in [6.45, 7) is 7.15. The predicted octanol–water partition coefficient (Wildman–Crippen LogP) is 3.62. The first-order valence-electron chi connectivity index (χ1n) is 6.44. The number of aromatic carboxylic acids is 1. The summed E-state index contributed by atoms with van der Waals surface area (Å²) in [5.41, 5.74) is 3.84. The van der Waals surface area contributed by atoms with E-state index in [0.717, 1.165) is 30.3 Å². The molecule has 1 aromatic heterocycles. The minimum absolute atomic E-state index is 0.381. The van der Waals surface area contributed by atoms with Crippen LogP contribution in [0.2, 0.25) is 0 Å². The van der Waals surface area contributed by atoms with Crippen LogP contribution in [0, 0.1) is 6.92 Å². The largest absolute Gasteiger partial charge is 0.478 e. The van der Waals surface area contributed by atoms with E-state index in [1.807, 2.05) is 13.0 Å². The standard InChI is InChI=1S/C15H19NO2/c1-4-6-11-9-16(5-2)14-10(3)7-12(15(17)18)8-13(11)14/h7-9H,4-6H2,1-3H3,(H,17,18). The van der Waals surface area contributed by atoms with Gasteiger partial charge in [0.05, 0.1) is 11.1 Å². The van der Waals surface area contributed by atoms with E-state index in [1.165, 1.54) is 11.1 Å². The van der Waals surface area contributed by atoms with E-state index in [4.69, 9.17) is 5.11 Å². The second-order valence-electron chi connectivity index (χ2n) is 4.68. The molecule has 0 bridgehead atoms. The first-order valence-corrected chi connectivity index (χ1v) is 6.44. The van der Waals surface area contributed by atoms with Crippen molar-refractivity contribution in [3.8, 4) is 0 Å². The van der Waals surface area contributed by atoms with Crippen molar-refractivity contribution in [3.63, 3.8) is 0 Å². The van der Waals surface area contributed by atoms with E-state index in [2.05, 4.69) is 24.6 Å². The molecule has 0 aliphatic carbocycles. The van der Waals surface area contributed by atoms with Gasteiger partial charge in [0.25, 0.3) is 0 Å². The number of carbonyl (C=O) groups is 1. The molecule has 3 heteroatoms. The monoisotopic (exact) mass is 245 g/mol. The topological polar surface area (TPSA) is 42.2 Å². The molecule has 0 aliphatic rings. The third kappa shape index (κ3) is 2.01. The normalized spacial score (nSPS) is 11.1. The number of hydrogen-bond acceptors (Lipinski definition) is 1. The van der Waals surface area contributed by atoms with Crippen molar-refractivity contribution in [2.45, 2.75) is 40.2 Å². The zero-order chi connectivity index (χ0) is 13.3. The third-order valence-electron chi connectivity index (χ3n) is 3.35. The molecule has 1 aromatic carbocycles. The average molecular weight is 245 g/mol. The van der Waals surface area contributed by atoms with Gasteiger partial charge in [-0.2, -0.15) is 0 Å². The van der Waals surface area contributed by atoms with Gasteiger partial charge in [-0.1, -0.05) is 13.3 Å². The highest BCUT2D eigenvalue weighted by Crippen LogP contribution is 2.27. The molecule has 0 radical (unpaired) electrons. The molecule has 0 saturated carbocycles. The van der Waals surface area contributed by atoms with Crippen molar-refractivity contribution in [3.05, 3.63) is 35.0 Å². The molecule has 0 amide bonds. The van der Waals surface area contributed by atoms with Gasteiger partial charge >= 0.3 is 5.97 Å². The fraction of sp³-hybridized carbons (Fsp3) is 0.400. The van der Waals surface area contributed by atoms with Crippen LogP contribution < -0.4 is 0 Å². The fourth-order valence-corrected chi connectivity index (χ4v) is 2.57. The summed E-state index contributed by atoms with van der Waals surface area (Å²) in [7, 11) is 0. The third-order valence-corrected chi connectivity index (χ3v) is 3.35. The lowest BCUT2D eigenvalue weighted by molar-refractivity contribution is 0.0697. The summed E-state index contributed by atoms with van der Waals surface area (Å²) in [5.74, 6) is -0.855. The second-order valence-corrected chi connectivity index (χ2v) is 4.68. The number of nitrogens with zero attached hydrogens (tertiary/aromatic N) is 1. The molecule has 1 heterocycles. The number of hydrogen-bond donors (Lipinski definition) is 1. The molecule has 3 nitrogen and oxygen atoms in total. The van der Waals surface area contributed by atoms with Gasteiger partial charge in [-0.15, -0.1) is 0 Å². The summed E-state index contributed by atoms with van der Waals surface area (Å²) in [5, 5.41) is 10.2. The van der Waals surface area contributed by atoms with Crippen LogP contribution in [0.5, 0.6) is 0 Å². The van der Waals surface area contributed by atoms with Gasteiger partial charge in [0.15, 0.2) is 0 Å². The minimum Gasteiger partial charge on any atom is -0.478 e. The van der Waals surface area contributed by atoms with Gasteiger partial charge in [0.1, 0.15) is 0 Å². The van der Waals surface area contributed by atoms with Crippen molar-refractivity contribution in [2.24, 2.45) is 0 Å². The van der Waals surface area contributed by atoms with Crippen LogP contribution in [0.15, 0.2) is 18.3 Å². The van der Waals surface area contributed by atoms with Gasteiger partial charge in [-0.3, -0.25) is 0 Å². The smallest absolute Gasteiger partial charge is 0.335 e. The summed E-state index contributed by atoms with van der Waals surface area (Å²) >= 11 is 0. The molecule has 0 unspecified atom stereocenters. The summed E-state index contributed by atoms with van der Waals surface area (Å²) < 4.78 is 2.21. The van der Waals surface area contributed by atoms with Crippen LogP contribution in [0.4, 0.5) is 0 Å². The van der Waals surface area contributed by atoms with Crippen molar-refractivity contribution < 1.29 is 9.90 Å². The lowest BCUT2D eigenvalue weighted by atomic mass is 10.0. The molecular weight excluding hydrogens is 226 g/mol. The van der Waals surface area contributed by atoms with Gasteiger partial charge < -0.3 is 9.67 Å². The summed E-state index contributed by atoms with van der Waals surface area (Å²) in [4.78, 5) is 11.1. The Bertz CT molecular complexity index is 596. The minimum atomic E-state index is -0.855. The van der Waals surface area contributed by atoms with E-state index in [0.29, 0.717) is 5.56 Å². The Labute approximate surface area is 107 Å². The van der Waals surface area contributed by atoms with Crippen LogP contribution in [-0.2, 0) is 13.0 Å². The Balaban J connectivity index is 2.75. The molecule has 96 valence electrons. The molecule has 0 saturated heterocycles. The number of carboxylic acid groups (broad SMARTS) is 1. The molecule has 2 rings (SSSR count). The first kappa shape index (κ1) is 12.7. The predicted molar refractivity (Wildman–Crippen MR) is 73.3 cm³/mol. The maximum atomic E-state index is 11.1. The lowest BCUT2D eigenvalue weighted by Gasteiger charge is -2.05. The maximum absolute atomic E-state index is 11.1. The van der Waals surface area contributed by atoms with Gasteiger partial charge in [0.2, 0.25) is 0 Å². The van der Waals surface area contributed by atoms with E-state index in [9.17, 15) is 4.79 Å². The number of aromatic nitrogens is 1. The Morgan fingerprint density at radius 1 is 1.33 bits per heavy atom.